The van der Waals surface area contributed by atoms with Gasteiger partial charge in [-0.1, -0.05) is 72.8 Å². The molecule has 7 rings (SSSR count). The summed E-state index contributed by atoms with van der Waals surface area (Å²) in [5.41, 5.74) is 3.25. The number of aliphatic hydroxyl groups excluding tert-OH is 1. The van der Waals surface area contributed by atoms with Gasteiger partial charge < -0.3 is 24.4 Å². The molecule has 0 saturated carbocycles. The Balaban J connectivity index is 1.13. The lowest BCUT2D eigenvalue weighted by Crippen LogP contribution is -2.46. The van der Waals surface area contributed by atoms with Gasteiger partial charge in [0, 0.05) is 42.2 Å². The summed E-state index contributed by atoms with van der Waals surface area (Å²) >= 11 is 0. The van der Waals surface area contributed by atoms with E-state index in [-0.39, 0.29) is 23.3 Å². The molecule has 4 heterocycles. The predicted octanol–water partition coefficient (Wildman–Crippen LogP) is 5.31. The number of carbonyl (C=O) groups excluding carboxylic acids is 2. The van der Waals surface area contributed by atoms with Gasteiger partial charge in [0.1, 0.15) is 11.8 Å². The summed E-state index contributed by atoms with van der Waals surface area (Å²) in [6, 6.07) is 25.1. The van der Waals surface area contributed by atoms with Gasteiger partial charge in [-0.05, 0) is 61.7 Å². The number of anilines is 2. The number of aliphatic hydroxyl groups is 1. The predicted molar refractivity (Wildman–Crippen MR) is 185 cm³/mol. The lowest BCUT2D eigenvalue weighted by Gasteiger charge is -2.32. The fourth-order valence-electron chi connectivity index (χ4n) is 8.11. The number of benzene rings is 3. The third-order valence-electron chi connectivity index (χ3n) is 10.4. The molecule has 250 valence electrons. The maximum atomic E-state index is 14.7. The molecule has 0 unspecified atom stereocenters. The third-order valence-corrected chi connectivity index (χ3v) is 12.9. The Morgan fingerprint density at radius 3 is 2.46 bits per heavy atom. The Kier molecular flexibility index (Phi) is 8.57. The van der Waals surface area contributed by atoms with E-state index in [1.165, 1.54) is 0 Å². The molecule has 4 aromatic rings. The monoisotopic (exact) mass is 665 g/mol. The number of carbonyl (C=O) groups is 2. The van der Waals surface area contributed by atoms with Crippen molar-refractivity contribution < 1.29 is 24.2 Å². The first kappa shape index (κ1) is 32.4. The highest BCUT2D eigenvalue weighted by Crippen LogP contribution is 2.59. The second-order valence-corrected chi connectivity index (χ2v) is 17.9. The fraction of sp³-hybridized carbons (Fsp3) is 0.405. The Labute approximate surface area is 282 Å². The Morgan fingerprint density at radius 2 is 1.73 bits per heavy atom. The molecule has 2 fully saturated rings. The molecule has 11 heteroatoms. The highest BCUT2D eigenvalue weighted by atomic mass is 28.4. The summed E-state index contributed by atoms with van der Waals surface area (Å²) in [5.74, 6) is -0.238. The van der Waals surface area contributed by atoms with Gasteiger partial charge in [0.15, 0.2) is 13.9 Å². The SMILES string of the molecule is C[C@H]1[C@H]([Si](C)(C)O)[C@@H](CCn2cc([C@H](O)c3ccccc3)nn2)O[C@]12C(=O)N(Cc1ccc(N3CCCCC3=O)cc1)c1ccccc12. The molecule has 3 aromatic carbocycles. The van der Waals surface area contributed by atoms with Crippen molar-refractivity contribution in [2.45, 2.75) is 82.1 Å². The van der Waals surface area contributed by atoms with Crippen LogP contribution in [-0.2, 0) is 33.0 Å². The summed E-state index contributed by atoms with van der Waals surface area (Å²) in [7, 11) is -2.83. The van der Waals surface area contributed by atoms with Crippen molar-refractivity contribution in [3.05, 3.63) is 107 Å². The van der Waals surface area contributed by atoms with Crippen molar-refractivity contribution in [3.8, 4) is 0 Å². The smallest absolute Gasteiger partial charge is 0.264 e. The average molecular weight is 666 g/mol. The van der Waals surface area contributed by atoms with Gasteiger partial charge in [0.25, 0.3) is 5.91 Å². The number of fused-ring (bicyclic) bond motifs is 2. The van der Waals surface area contributed by atoms with Gasteiger partial charge in [0.2, 0.25) is 5.91 Å². The largest absolute Gasteiger partial charge is 0.432 e. The number of para-hydroxylation sites is 1. The maximum absolute atomic E-state index is 14.7. The van der Waals surface area contributed by atoms with Crippen molar-refractivity contribution in [2.24, 2.45) is 5.92 Å². The van der Waals surface area contributed by atoms with Crippen LogP contribution in [0.5, 0.6) is 0 Å². The van der Waals surface area contributed by atoms with Crippen LogP contribution in [-0.4, -0.2) is 57.7 Å². The van der Waals surface area contributed by atoms with E-state index in [0.717, 1.165) is 47.5 Å². The van der Waals surface area contributed by atoms with E-state index in [9.17, 15) is 19.5 Å². The van der Waals surface area contributed by atoms with Gasteiger partial charge in [-0.3, -0.25) is 14.3 Å². The summed E-state index contributed by atoms with van der Waals surface area (Å²) in [6.45, 7) is 7.43. The number of rotatable bonds is 9. The lowest BCUT2D eigenvalue weighted by atomic mass is 9.82. The lowest BCUT2D eigenvalue weighted by molar-refractivity contribution is -0.146. The zero-order valence-corrected chi connectivity index (χ0v) is 28.7. The Morgan fingerprint density at radius 1 is 1.00 bits per heavy atom. The van der Waals surface area contributed by atoms with Crippen LogP contribution >= 0.6 is 0 Å². The van der Waals surface area contributed by atoms with Crippen molar-refractivity contribution in [1.29, 1.82) is 0 Å². The van der Waals surface area contributed by atoms with E-state index in [1.54, 1.807) is 10.9 Å². The number of aromatic nitrogens is 3. The van der Waals surface area contributed by atoms with Crippen LogP contribution in [0.1, 0.15) is 61.1 Å². The van der Waals surface area contributed by atoms with E-state index < -0.39 is 26.1 Å². The van der Waals surface area contributed by atoms with Crippen LogP contribution in [0.4, 0.5) is 11.4 Å². The zero-order valence-electron chi connectivity index (χ0n) is 27.7. The number of hydrogen-bond donors (Lipinski definition) is 2. The molecule has 0 bridgehead atoms. The summed E-state index contributed by atoms with van der Waals surface area (Å²) in [5, 5.41) is 19.3. The number of aryl methyl sites for hydroxylation is 1. The normalized spacial score (nSPS) is 24.8. The molecule has 48 heavy (non-hydrogen) atoms. The summed E-state index contributed by atoms with van der Waals surface area (Å²) in [6.07, 6.45) is 3.50. The van der Waals surface area contributed by atoms with E-state index in [1.807, 2.05) is 109 Å². The molecule has 1 aromatic heterocycles. The van der Waals surface area contributed by atoms with Crippen molar-refractivity contribution >= 4 is 31.5 Å². The van der Waals surface area contributed by atoms with Gasteiger partial charge in [-0.25, -0.2) is 0 Å². The molecular weight excluding hydrogens is 623 g/mol. The van der Waals surface area contributed by atoms with Crippen molar-refractivity contribution in [1.82, 2.24) is 15.0 Å². The molecule has 2 saturated heterocycles. The maximum Gasteiger partial charge on any atom is 0.264 e. The highest BCUT2D eigenvalue weighted by molar-refractivity contribution is 6.71. The second-order valence-electron chi connectivity index (χ2n) is 13.9. The molecule has 0 radical (unpaired) electrons. The summed E-state index contributed by atoms with van der Waals surface area (Å²) < 4.78 is 8.65. The van der Waals surface area contributed by atoms with Crippen molar-refractivity contribution in [2.75, 3.05) is 16.3 Å². The molecule has 3 aliphatic rings. The molecular formula is C37H43N5O5Si. The Hall–Kier alpha value is -4.16. The Bertz CT molecular complexity index is 1790. The second kappa shape index (κ2) is 12.7. The molecule has 5 atom stereocenters. The highest BCUT2D eigenvalue weighted by Gasteiger charge is 2.66. The zero-order chi connectivity index (χ0) is 33.6. The fourth-order valence-corrected chi connectivity index (χ4v) is 10.7. The van der Waals surface area contributed by atoms with Crippen LogP contribution in [0.15, 0.2) is 85.1 Å². The van der Waals surface area contributed by atoms with E-state index in [2.05, 4.69) is 10.3 Å². The average Bonchev–Trinajstić information content (AvgIpc) is 3.75. The van der Waals surface area contributed by atoms with Crippen LogP contribution in [0.3, 0.4) is 0 Å². The van der Waals surface area contributed by atoms with Gasteiger partial charge >= 0.3 is 0 Å². The number of ether oxygens (including phenoxy) is 1. The number of amides is 2. The number of hydrogen-bond acceptors (Lipinski definition) is 7. The first-order valence-electron chi connectivity index (χ1n) is 16.9. The quantitative estimate of drug-likeness (QED) is 0.233. The van der Waals surface area contributed by atoms with Gasteiger partial charge in [-0.2, -0.15) is 0 Å². The third kappa shape index (κ3) is 5.68. The minimum atomic E-state index is -2.83. The minimum Gasteiger partial charge on any atom is -0.432 e. The number of nitrogens with zero attached hydrogens (tertiary/aromatic N) is 5. The van der Waals surface area contributed by atoms with Crippen molar-refractivity contribution in [3.63, 3.8) is 0 Å². The molecule has 10 nitrogen and oxygen atoms in total. The summed E-state index contributed by atoms with van der Waals surface area (Å²) in [4.78, 5) is 42.4. The molecule has 1 spiro atoms. The van der Waals surface area contributed by atoms with Crippen LogP contribution in [0.25, 0.3) is 0 Å². The van der Waals surface area contributed by atoms with E-state index >= 15 is 0 Å². The minimum absolute atomic E-state index is 0.119. The first-order valence-corrected chi connectivity index (χ1v) is 19.9. The van der Waals surface area contributed by atoms with Gasteiger partial charge in [0.05, 0.1) is 24.5 Å². The molecule has 3 aliphatic heterocycles. The van der Waals surface area contributed by atoms with Crippen LogP contribution in [0.2, 0.25) is 18.6 Å². The molecule has 2 N–H and O–H groups in total. The van der Waals surface area contributed by atoms with Crippen LogP contribution in [0, 0.1) is 5.92 Å². The van der Waals surface area contributed by atoms with E-state index in [4.69, 9.17) is 4.74 Å². The standard InChI is InChI=1S/C37H43N5O5Si/c1-25-35(48(2,3)46)32(20-22-40-24-30(38-39-40)34(44)27-11-5-4-6-12-27)47-37(25)29-13-7-8-14-31(29)42(36(37)45)23-26-16-18-28(19-17-26)41-21-10-9-15-33(41)43/h4-8,11-14,16-19,24-25,32,34-35,44,46H,9-10,15,20-23H2,1-3H3/t25-,32+,34+,35-,37+/m0/s1. The van der Waals surface area contributed by atoms with E-state index in [0.29, 0.717) is 31.6 Å². The van der Waals surface area contributed by atoms with Crippen LogP contribution < -0.4 is 9.80 Å². The van der Waals surface area contributed by atoms with Gasteiger partial charge in [-0.15, -0.1) is 5.10 Å². The first-order chi connectivity index (χ1) is 23.1. The number of piperidine rings is 1. The molecule has 2 amide bonds. The topological polar surface area (TPSA) is 121 Å². The molecule has 0 aliphatic carbocycles.